The molecule has 1 aromatic carbocycles. The molecule has 8 nitrogen and oxygen atoms in total. The van der Waals surface area contributed by atoms with Crippen molar-refractivity contribution in [1.29, 1.82) is 0 Å². The molecule has 0 bridgehead atoms. The first kappa shape index (κ1) is 24.9. The van der Waals surface area contributed by atoms with E-state index in [0.717, 1.165) is 23.9 Å². The molecule has 186 valence electrons. The van der Waals surface area contributed by atoms with Crippen molar-refractivity contribution >= 4 is 40.3 Å². The van der Waals surface area contributed by atoms with Crippen LogP contribution in [-0.4, -0.2) is 39.9 Å². The Hall–Kier alpha value is -3.20. The number of carbonyl (C=O) groups is 2. The van der Waals surface area contributed by atoms with Crippen molar-refractivity contribution in [3.05, 3.63) is 40.9 Å². The van der Waals surface area contributed by atoms with Gasteiger partial charge in [0.25, 0.3) is 0 Å². The van der Waals surface area contributed by atoms with Gasteiger partial charge < -0.3 is 15.4 Å². The van der Waals surface area contributed by atoms with Crippen molar-refractivity contribution in [2.75, 3.05) is 12.4 Å². The lowest BCUT2D eigenvalue weighted by Gasteiger charge is -2.28. The van der Waals surface area contributed by atoms with Crippen LogP contribution in [0.25, 0.3) is 22.0 Å². The SMILES string of the molecule is COC(=O)N[C@@H]1CCC[C@H](C(=O)Nc2cc(-c3cc(F)c4nn(C)c(C(C)C)c4c3)c(Cl)cn2)C1. The first-order valence-electron chi connectivity index (χ1n) is 11.6. The number of rotatable bonds is 5. The minimum absolute atomic E-state index is 0.120. The zero-order chi connectivity index (χ0) is 25.3. The second-order valence-corrected chi connectivity index (χ2v) is 9.66. The first-order valence-corrected chi connectivity index (χ1v) is 12.0. The number of aryl methyl sites for hydroxylation is 1. The number of hydrogen-bond acceptors (Lipinski definition) is 5. The summed E-state index contributed by atoms with van der Waals surface area (Å²) in [5.41, 5.74) is 2.37. The molecule has 2 N–H and O–H groups in total. The van der Waals surface area contributed by atoms with Crippen LogP contribution in [-0.2, 0) is 16.6 Å². The molecule has 2 amide bonds. The molecule has 35 heavy (non-hydrogen) atoms. The van der Waals surface area contributed by atoms with Crippen LogP contribution in [0.2, 0.25) is 5.02 Å². The number of alkyl carbamates (subject to hydrolysis) is 1. The van der Waals surface area contributed by atoms with Gasteiger partial charge in [0.1, 0.15) is 11.3 Å². The Morgan fingerprint density at radius 2 is 2.03 bits per heavy atom. The van der Waals surface area contributed by atoms with Crippen LogP contribution in [0.4, 0.5) is 15.0 Å². The molecule has 10 heteroatoms. The Morgan fingerprint density at radius 1 is 1.26 bits per heavy atom. The standard InChI is InChI=1S/C25H29ClFN5O3/c1-13(2)23-18-9-15(10-20(27)22(18)31-32(23)3)17-11-21(28-12-19(17)26)30-24(33)14-6-5-7-16(8-14)29-25(34)35-4/h9-14,16H,5-8H2,1-4H3,(H,29,34)(H,28,30,33)/t14-,16+/m0/s1. The summed E-state index contributed by atoms with van der Waals surface area (Å²) in [6.45, 7) is 4.06. The first-order chi connectivity index (χ1) is 16.7. The molecule has 1 aliphatic carbocycles. The maximum Gasteiger partial charge on any atom is 0.407 e. The summed E-state index contributed by atoms with van der Waals surface area (Å²) in [6, 6.07) is 4.80. The van der Waals surface area contributed by atoms with E-state index in [1.807, 2.05) is 19.9 Å². The lowest BCUT2D eigenvalue weighted by atomic mass is 9.85. The fraction of sp³-hybridized carbons (Fsp3) is 0.440. The van der Waals surface area contributed by atoms with Crippen molar-refractivity contribution in [2.24, 2.45) is 13.0 Å². The van der Waals surface area contributed by atoms with Gasteiger partial charge in [-0.3, -0.25) is 9.48 Å². The van der Waals surface area contributed by atoms with Gasteiger partial charge in [-0.25, -0.2) is 14.2 Å². The molecule has 3 aromatic rings. The predicted octanol–water partition coefficient (Wildman–Crippen LogP) is 5.40. The van der Waals surface area contributed by atoms with E-state index in [0.29, 0.717) is 40.3 Å². The lowest BCUT2D eigenvalue weighted by molar-refractivity contribution is -0.121. The fourth-order valence-corrected chi connectivity index (χ4v) is 5.07. The molecule has 0 saturated heterocycles. The molecule has 0 aliphatic heterocycles. The summed E-state index contributed by atoms with van der Waals surface area (Å²) in [7, 11) is 3.12. The quantitative estimate of drug-likeness (QED) is 0.487. The van der Waals surface area contributed by atoms with Crippen molar-refractivity contribution in [3.63, 3.8) is 0 Å². The number of aromatic nitrogens is 3. The van der Waals surface area contributed by atoms with E-state index < -0.39 is 11.9 Å². The van der Waals surface area contributed by atoms with E-state index in [1.165, 1.54) is 19.4 Å². The number of anilines is 1. The second kappa shape index (κ2) is 10.2. The highest BCUT2D eigenvalue weighted by atomic mass is 35.5. The average molecular weight is 502 g/mol. The Balaban J connectivity index is 1.59. The summed E-state index contributed by atoms with van der Waals surface area (Å²) < 4.78 is 21.3. The van der Waals surface area contributed by atoms with Gasteiger partial charge >= 0.3 is 6.09 Å². The predicted molar refractivity (Wildman–Crippen MR) is 133 cm³/mol. The van der Waals surface area contributed by atoms with Gasteiger partial charge in [-0.1, -0.05) is 31.9 Å². The summed E-state index contributed by atoms with van der Waals surface area (Å²) in [5, 5.41) is 11.0. The van der Waals surface area contributed by atoms with E-state index >= 15 is 0 Å². The molecular weight excluding hydrogens is 473 g/mol. The van der Waals surface area contributed by atoms with Crippen molar-refractivity contribution in [3.8, 4) is 11.1 Å². The largest absolute Gasteiger partial charge is 0.453 e. The van der Waals surface area contributed by atoms with Crippen molar-refractivity contribution in [1.82, 2.24) is 20.1 Å². The van der Waals surface area contributed by atoms with Crippen molar-refractivity contribution < 1.29 is 18.7 Å². The number of hydrogen-bond donors (Lipinski definition) is 2. The van der Waals surface area contributed by atoms with Crippen LogP contribution in [0, 0.1) is 11.7 Å². The number of benzene rings is 1. The normalized spacial score (nSPS) is 18.0. The molecule has 0 spiro atoms. The minimum atomic E-state index is -0.501. The smallest absolute Gasteiger partial charge is 0.407 e. The number of fused-ring (bicyclic) bond motifs is 1. The van der Waals surface area contributed by atoms with Gasteiger partial charge in [0.05, 0.1) is 12.1 Å². The zero-order valence-electron chi connectivity index (χ0n) is 20.2. The summed E-state index contributed by atoms with van der Waals surface area (Å²) in [6.07, 6.45) is 3.79. The lowest BCUT2D eigenvalue weighted by Crippen LogP contribution is -2.41. The highest BCUT2D eigenvalue weighted by Gasteiger charge is 2.29. The number of halogens is 2. The molecule has 2 heterocycles. The summed E-state index contributed by atoms with van der Waals surface area (Å²) in [5.74, 6) is -0.420. The monoisotopic (exact) mass is 501 g/mol. The van der Waals surface area contributed by atoms with E-state index in [2.05, 4.69) is 25.5 Å². The maximum absolute atomic E-state index is 15.0. The maximum atomic E-state index is 15.0. The van der Waals surface area contributed by atoms with Gasteiger partial charge in [-0.05, 0) is 48.9 Å². The third-order valence-electron chi connectivity index (χ3n) is 6.45. The van der Waals surface area contributed by atoms with Crippen LogP contribution in [0.5, 0.6) is 0 Å². The topological polar surface area (TPSA) is 98.1 Å². The number of nitrogens with one attached hydrogen (secondary N) is 2. The van der Waals surface area contributed by atoms with Crippen molar-refractivity contribution in [2.45, 2.75) is 51.5 Å². The van der Waals surface area contributed by atoms with Crippen LogP contribution in [0.15, 0.2) is 24.4 Å². The molecule has 1 saturated carbocycles. The third-order valence-corrected chi connectivity index (χ3v) is 6.76. The summed E-state index contributed by atoms with van der Waals surface area (Å²) >= 11 is 6.44. The van der Waals surface area contributed by atoms with E-state index in [1.54, 1.807) is 17.8 Å². The third kappa shape index (κ3) is 5.24. The molecule has 4 rings (SSSR count). The van der Waals surface area contributed by atoms with Gasteiger partial charge in [-0.2, -0.15) is 5.10 Å². The fourth-order valence-electron chi connectivity index (χ4n) is 4.86. The van der Waals surface area contributed by atoms with Gasteiger partial charge in [0.2, 0.25) is 5.91 Å². The molecule has 0 radical (unpaired) electrons. The molecule has 2 atom stereocenters. The van der Waals surface area contributed by atoms with Gasteiger partial charge in [0, 0.05) is 41.8 Å². The summed E-state index contributed by atoms with van der Waals surface area (Å²) in [4.78, 5) is 28.7. The van der Waals surface area contributed by atoms with Crippen LogP contribution in [0.1, 0.15) is 51.1 Å². The molecule has 1 fully saturated rings. The van der Waals surface area contributed by atoms with Gasteiger partial charge in [0.15, 0.2) is 5.82 Å². The Morgan fingerprint density at radius 3 is 2.74 bits per heavy atom. The molecular formula is C25H29ClFN5O3. The van der Waals surface area contributed by atoms with Crippen LogP contribution < -0.4 is 10.6 Å². The van der Waals surface area contributed by atoms with E-state index in [-0.39, 0.29) is 23.8 Å². The average Bonchev–Trinajstić information content (AvgIpc) is 3.17. The second-order valence-electron chi connectivity index (χ2n) is 9.25. The highest BCUT2D eigenvalue weighted by Crippen LogP contribution is 2.35. The van der Waals surface area contributed by atoms with Gasteiger partial charge in [-0.15, -0.1) is 0 Å². The molecule has 2 aromatic heterocycles. The Labute approximate surface area is 208 Å². The van der Waals surface area contributed by atoms with E-state index in [9.17, 15) is 14.0 Å². The number of pyridine rings is 1. The van der Waals surface area contributed by atoms with Crippen LogP contribution >= 0.6 is 11.6 Å². The number of carbonyl (C=O) groups excluding carboxylic acids is 2. The number of ether oxygens (including phenoxy) is 1. The molecule has 1 aliphatic rings. The van der Waals surface area contributed by atoms with Crippen LogP contribution in [0.3, 0.4) is 0 Å². The van der Waals surface area contributed by atoms with E-state index in [4.69, 9.17) is 11.6 Å². The number of nitrogens with zero attached hydrogens (tertiary/aromatic N) is 3. The minimum Gasteiger partial charge on any atom is -0.453 e. The Kier molecular flexibility index (Phi) is 7.25. The highest BCUT2D eigenvalue weighted by molar-refractivity contribution is 6.33. The zero-order valence-corrected chi connectivity index (χ0v) is 20.9. The number of amides is 2. The Bertz CT molecular complexity index is 1280. The number of methoxy groups -OCH3 is 1. The molecule has 0 unspecified atom stereocenters.